The highest BCUT2D eigenvalue weighted by atomic mass is 16.1. The Hall–Kier alpha value is -2.39. The summed E-state index contributed by atoms with van der Waals surface area (Å²) in [6.45, 7) is 2.90. The summed E-state index contributed by atoms with van der Waals surface area (Å²) in [5.74, 6) is 0.557. The van der Waals surface area contributed by atoms with Crippen LogP contribution in [0.4, 0.5) is 0 Å². The molecule has 0 unspecified atom stereocenters. The monoisotopic (exact) mass is 332 g/mol. The number of rotatable bonds is 5. The van der Waals surface area contributed by atoms with Gasteiger partial charge in [-0.1, -0.05) is 36.4 Å². The average Bonchev–Trinajstić information content (AvgIpc) is 3.10. The Kier molecular flexibility index (Phi) is 4.66. The molecule has 2 aromatic carbocycles. The van der Waals surface area contributed by atoms with Gasteiger partial charge >= 0.3 is 0 Å². The van der Waals surface area contributed by atoms with Crippen LogP contribution in [0.15, 0.2) is 60.8 Å². The molecule has 1 saturated heterocycles. The largest absolute Gasteiger partial charge is 0.361 e. The summed E-state index contributed by atoms with van der Waals surface area (Å²) in [6.07, 6.45) is 4.68. The summed E-state index contributed by atoms with van der Waals surface area (Å²) in [4.78, 5) is 18.3. The normalized spacial score (nSPS) is 18.5. The molecular formula is C22H24N2O. The average molecular weight is 332 g/mol. The predicted molar refractivity (Wildman–Crippen MR) is 101 cm³/mol. The Balaban J connectivity index is 1.39. The molecule has 3 heteroatoms. The van der Waals surface area contributed by atoms with E-state index >= 15 is 0 Å². The van der Waals surface area contributed by atoms with Gasteiger partial charge in [0.1, 0.15) is 5.78 Å². The third kappa shape index (κ3) is 3.83. The van der Waals surface area contributed by atoms with E-state index in [4.69, 9.17) is 0 Å². The molecule has 0 spiro atoms. The molecule has 0 saturated carbocycles. The summed E-state index contributed by atoms with van der Waals surface area (Å²) in [7, 11) is 0. The minimum Gasteiger partial charge on any atom is -0.361 e. The maximum Gasteiger partial charge on any atom is 0.141 e. The number of ketones is 1. The first kappa shape index (κ1) is 16.1. The van der Waals surface area contributed by atoms with Crippen LogP contribution in [0.3, 0.4) is 0 Å². The lowest BCUT2D eigenvalue weighted by Crippen LogP contribution is -2.38. The predicted octanol–water partition coefficient (Wildman–Crippen LogP) is 4.19. The van der Waals surface area contributed by atoms with Gasteiger partial charge in [-0.3, -0.25) is 9.69 Å². The third-order valence-corrected chi connectivity index (χ3v) is 5.21. The number of fused-ring (bicyclic) bond motifs is 1. The topological polar surface area (TPSA) is 36.1 Å². The van der Waals surface area contributed by atoms with Gasteiger partial charge < -0.3 is 4.98 Å². The number of nitrogens with one attached hydrogen (secondary N) is 1. The fourth-order valence-corrected chi connectivity index (χ4v) is 3.86. The lowest BCUT2D eigenvalue weighted by molar-refractivity contribution is -0.123. The van der Waals surface area contributed by atoms with Crippen LogP contribution in [0, 0.1) is 5.92 Å². The zero-order valence-corrected chi connectivity index (χ0v) is 14.4. The maximum absolute atomic E-state index is 12.7. The van der Waals surface area contributed by atoms with Crippen LogP contribution in [0.25, 0.3) is 10.9 Å². The van der Waals surface area contributed by atoms with Crippen molar-refractivity contribution in [2.24, 2.45) is 5.92 Å². The first-order valence-corrected chi connectivity index (χ1v) is 9.13. The van der Waals surface area contributed by atoms with Gasteiger partial charge in [-0.25, -0.2) is 0 Å². The molecule has 1 N–H and O–H groups in total. The van der Waals surface area contributed by atoms with E-state index in [1.54, 1.807) is 0 Å². The first-order valence-electron chi connectivity index (χ1n) is 9.13. The van der Waals surface area contributed by atoms with E-state index in [1.165, 1.54) is 16.5 Å². The third-order valence-electron chi connectivity index (χ3n) is 5.21. The summed E-state index contributed by atoms with van der Waals surface area (Å²) in [5, 5.41) is 1.26. The zero-order chi connectivity index (χ0) is 17.1. The number of benzene rings is 2. The molecule has 1 aliphatic heterocycles. The van der Waals surface area contributed by atoms with Crippen molar-refractivity contribution in [3.05, 3.63) is 71.9 Å². The van der Waals surface area contributed by atoms with Crippen LogP contribution in [-0.2, 0) is 17.8 Å². The number of aromatic nitrogens is 1. The molecule has 4 rings (SSSR count). The quantitative estimate of drug-likeness (QED) is 0.760. The Morgan fingerprint density at radius 2 is 1.96 bits per heavy atom. The zero-order valence-electron chi connectivity index (χ0n) is 14.4. The molecule has 128 valence electrons. The van der Waals surface area contributed by atoms with E-state index in [-0.39, 0.29) is 5.92 Å². The van der Waals surface area contributed by atoms with Gasteiger partial charge in [-0.05, 0) is 54.1 Å². The number of hydrogen-bond donors (Lipinski definition) is 1. The minimum atomic E-state index is 0.171. The Morgan fingerprint density at radius 1 is 1.08 bits per heavy atom. The van der Waals surface area contributed by atoms with Crippen molar-refractivity contribution in [3.8, 4) is 0 Å². The van der Waals surface area contributed by atoms with E-state index in [0.717, 1.165) is 38.0 Å². The smallest absolute Gasteiger partial charge is 0.141 e. The Morgan fingerprint density at radius 3 is 2.84 bits per heavy atom. The second-order valence-electron chi connectivity index (χ2n) is 7.10. The van der Waals surface area contributed by atoms with Gasteiger partial charge in [0.2, 0.25) is 0 Å². The summed E-state index contributed by atoms with van der Waals surface area (Å²) in [6, 6.07) is 18.8. The number of hydrogen-bond acceptors (Lipinski definition) is 2. The Bertz CT molecular complexity index is 853. The number of carbonyl (C=O) groups excluding carboxylic acids is 1. The van der Waals surface area contributed by atoms with Crippen LogP contribution in [0.5, 0.6) is 0 Å². The number of nitrogens with zero attached hydrogens (tertiary/aromatic N) is 1. The van der Waals surface area contributed by atoms with Crippen molar-refractivity contribution in [3.63, 3.8) is 0 Å². The van der Waals surface area contributed by atoms with Crippen molar-refractivity contribution in [2.75, 3.05) is 13.1 Å². The molecule has 1 aromatic heterocycles. The molecule has 2 heterocycles. The van der Waals surface area contributed by atoms with Crippen LogP contribution < -0.4 is 0 Å². The SMILES string of the molecule is O=C(Cc1ccccc1)[C@@H]1CCCN(Cc2ccc3[nH]ccc3c2)C1. The van der Waals surface area contributed by atoms with Gasteiger partial charge in [0.25, 0.3) is 0 Å². The van der Waals surface area contributed by atoms with Gasteiger partial charge in [0.15, 0.2) is 0 Å². The van der Waals surface area contributed by atoms with Crippen molar-refractivity contribution in [1.82, 2.24) is 9.88 Å². The van der Waals surface area contributed by atoms with Gasteiger partial charge in [0.05, 0.1) is 0 Å². The number of Topliss-reactive ketones (excluding diaryl/α,β-unsaturated/α-hetero) is 1. The highest BCUT2D eigenvalue weighted by Gasteiger charge is 2.25. The molecule has 3 aromatic rings. The van der Waals surface area contributed by atoms with Gasteiger partial charge in [-0.15, -0.1) is 0 Å². The molecular weight excluding hydrogens is 308 g/mol. The standard InChI is InChI=1S/C22H24N2O/c25-22(14-17-5-2-1-3-6-17)20-7-4-12-24(16-20)15-18-8-9-21-19(13-18)10-11-23-21/h1-3,5-6,8-11,13,20,23H,4,7,12,14-16H2/t20-/m1/s1. The fourth-order valence-electron chi connectivity index (χ4n) is 3.86. The summed E-state index contributed by atoms with van der Waals surface area (Å²) >= 11 is 0. The lowest BCUT2D eigenvalue weighted by Gasteiger charge is -2.32. The number of likely N-dealkylation sites (tertiary alicyclic amines) is 1. The number of H-pyrrole nitrogens is 1. The molecule has 1 fully saturated rings. The second kappa shape index (κ2) is 7.24. The van der Waals surface area contributed by atoms with Crippen LogP contribution >= 0.6 is 0 Å². The van der Waals surface area contributed by atoms with Crippen molar-refractivity contribution >= 4 is 16.7 Å². The number of carbonyl (C=O) groups is 1. The van der Waals surface area contributed by atoms with Crippen LogP contribution in [-0.4, -0.2) is 28.8 Å². The molecule has 3 nitrogen and oxygen atoms in total. The summed E-state index contributed by atoms with van der Waals surface area (Å²) < 4.78 is 0. The lowest BCUT2D eigenvalue weighted by atomic mass is 9.90. The van der Waals surface area contributed by atoms with E-state index in [0.29, 0.717) is 12.2 Å². The Labute approximate surface area is 148 Å². The number of piperidine rings is 1. The van der Waals surface area contributed by atoms with Crippen LogP contribution in [0.2, 0.25) is 0 Å². The molecule has 1 aliphatic rings. The molecule has 0 aliphatic carbocycles. The molecule has 25 heavy (non-hydrogen) atoms. The van der Waals surface area contributed by atoms with E-state index in [1.807, 2.05) is 36.5 Å². The fraction of sp³-hybridized carbons (Fsp3) is 0.318. The maximum atomic E-state index is 12.7. The summed E-state index contributed by atoms with van der Waals surface area (Å²) in [5.41, 5.74) is 3.63. The van der Waals surface area contributed by atoms with Crippen LogP contribution in [0.1, 0.15) is 24.0 Å². The van der Waals surface area contributed by atoms with Crippen molar-refractivity contribution in [2.45, 2.75) is 25.8 Å². The van der Waals surface area contributed by atoms with E-state index in [9.17, 15) is 4.79 Å². The first-order chi connectivity index (χ1) is 12.3. The molecule has 0 bridgehead atoms. The number of aromatic amines is 1. The highest BCUT2D eigenvalue weighted by Crippen LogP contribution is 2.22. The van der Waals surface area contributed by atoms with E-state index < -0.39 is 0 Å². The highest BCUT2D eigenvalue weighted by molar-refractivity contribution is 5.83. The van der Waals surface area contributed by atoms with Crippen molar-refractivity contribution < 1.29 is 4.79 Å². The molecule has 0 amide bonds. The molecule has 0 radical (unpaired) electrons. The minimum absolute atomic E-state index is 0.171. The molecule has 1 atom stereocenters. The van der Waals surface area contributed by atoms with E-state index in [2.05, 4.69) is 34.1 Å². The van der Waals surface area contributed by atoms with Crippen molar-refractivity contribution in [1.29, 1.82) is 0 Å². The van der Waals surface area contributed by atoms with Gasteiger partial charge in [0, 0.05) is 37.1 Å². The van der Waals surface area contributed by atoms with Gasteiger partial charge in [-0.2, -0.15) is 0 Å². The second-order valence-corrected chi connectivity index (χ2v) is 7.10.